The van der Waals surface area contributed by atoms with Gasteiger partial charge in [0.2, 0.25) is 0 Å². The fraction of sp³-hybridized carbons (Fsp3) is 0.925. The lowest BCUT2D eigenvalue weighted by atomic mass is 9.91. The van der Waals surface area contributed by atoms with Crippen molar-refractivity contribution in [2.24, 2.45) is 11.8 Å². The van der Waals surface area contributed by atoms with Gasteiger partial charge in [0.05, 0.1) is 25.2 Å². The van der Waals surface area contributed by atoms with Crippen LogP contribution in [0.15, 0.2) is 12.2 Å². The number of Topliss-reactive ketones (excluding diaryl/α,β-unsaturated/α-hetero) is 1. The Morgan fingerprint density at radius 3 is 1.76 bits per heavy atom. The molecule has 0 aromatic rings. The van der Waals surface area contributed by atoms with Gasteiger partial charge in [-0.15, -0.1) is 0 Å². The average Bonchev–Trinajstić information content (AvgIpc) is 3.10. The van der Waals surface area contributed by atoms with Crippen molar-refractivity contribution < 1.29 is 44.9 Å². The van der Waals surface area contributed by atoms with E-state index < -0.39 is 61.2 Å². The number of carbonyl (C=O) groups excluding carboxylic acids is 1. The molecular weight excluding hydrogens is 624 g/mol. The van der Waals surface area contributed by atoms with Crippen LogP contribution < -0.4 is 0 Å². The molecule has 9 heteroatoms. The van der Waals surface area contributed by atoms with Crippen LogP contribution in [0.3, 0.4) is 0 Å². The first kappa shape index (κ1) is 46.1. The fourth-order valence-electron chi connectivity index (χ4n) is 6.53. The van der Waals surface area contributed by atoms with Gasteiger partial charge in [-0.25, -0.2) is 0 Å². The number of hydrogen-bond donors (Lipinski definition) is 6. The molecule has 0 aliphatic carbocycles. The molecular formula is C40H76O9. The van der Waals surface area contributed by atoms with E-state index in [-0.39, 0.29) is 6.61 Å². The van der Waals surface area contributed by atoms with Gasteiger partial charge in [-0.1, -0.05) is 161 Å². The Kier molecular flexibility index (Phi) is 27.9. The first-order chi connectivity index (χ1) is 23.7. The molecule has 1 saturated heterocycles. The molecule has 1 fully saturated rings. The largest absolute Gasteiger partial charge is 0.394 e. The Balaban J connectivity index is 2.55. The van der Waals surface area contributed by atoms with Crippen molar-refractivity contribution in [3.63, 3.8) is 0 Å². The Morgan fingerprint density at radius 2 is 1.22 bits per heavy atom. The second-order valence-electron chi connectivity index (χ2n) is 14.7. The highest BCUT2D eigenvalue weighted by Crippen LogP contribution is 2.24. The zero-order valence-electron chi connectivity index (χ0n) is 31.4. The summed E-state index contributed by atoms with van der Waals surface area (Å²) in [6.45, 7) is 5.82. The van der Waals surface area contributed by atoms with Crippen LogP contribution in [0.4, 0.5) is 0 Å². The summed E-state index contributed by atoms with van der Waals surface area (Å²) in [5.41, 5.74) is 0. The predicted octanol–water partition coefficient (Wildman–Crippen LogP) is 6.91. The molecule has 1 aliphatic rings. The van der Waals surface area contributed by atoms with Gasteiger partial charge in [0.25, 0.3) is 0 Å². The van der Waals surface area contributed by atoms with E-state index in [4.69, 9.17) is 9.47 Å². The van der Waals surface area contributed by atoms with Gasteiger partial charge < -0.3 is 40.1 Å². The van der Waals surface area contributed by atoms with E-state index in [9.17, 15) is 35.4 Å². The summed E-state index contributed by atoms with van der Waals surface area (Å²) >= 11 is 0. The molecule has 290 valence electrons. The van der Waals surface area contributed by atoms with Gasteiger partial charge >= 0.3 is 0 Å². The Bertz CT molecular complexity index is 807. The maximum Gasteiger partial charge on any atom is 0.186 e. The molecule has 9 atom stereocenters. The number of aliphatic hydroxyl groups excluding tert-OH is 6. The molecule has 49 heavy (non-hydrogen) atoms. The van der Waals surface area contributed by atoms with E-state index in [2.05, 4.69) is 20.8 Å². The fourth-order valence-corrected chi connectivity index (χ4v) is 6.53. The summed E-state index contributed by atoms with van der Waals surface area (Å²) in [6.07, 6.45) is 19.8. The van der Waals surface area contributed by atoms with E-state index in [1.54, 1.807) is 6.08 Å². The normalized spacial score (nSPS) is 23.9. The molecule has 0 bridgehead atoms. The minimum atomic E-state index is -1.62. The third-order valence-corrected chi connectivity index (χ3v) is 10.3. The molecule has 0 aromatic heterocycles. The van der Waals surface area contributed by atoms with Gasteiger partial charge in [0.1, 0.15) is 30.5 Å². The molecule has 0 saturated carbocycles. The molecule has 6 N–H and O–H groups in total. The van der Waals surface area contributed by atoms with Crippen molar-refractivity contribution >= 4 is 5.78 Å². The highest BCUT2D eigenvalue weighted by Gasteiger charge is 2.44. The standard InChI is InChI=1S/C40H76O9/c1-4-6-7-8-9-10-11-12-15-19-22-25-28-34(43)36(44)32(30-48-40-39(47)38(46)37(45)35(29-41)49-40)33(42)27-24-21-18-16-13-14-17-20-23-26-31(3)5-2/h24,27,31-35,37-43,45-47H,4-23,25-26,28-30H2,1-3H3/b27-24+/t31?,32-,33+,34+,35+,37-,38-,39+,40+/m0/s1. The van der Waals surface area contributed by atoms with E-state index in [0.717, 1.165) is 44.4 Å². The van der Waals surface area contributed by atoms with Crippen LogP contribution in [0, 0.1) is 11.8 Å². The molecule has 0 aromatic carbocycles. The summed E-state index contributed by atoms with van der Waals surface area (Å²) in [5, 5.41) is 61.9. The van der Waals surface area contributed by atoms with Gasteiger partial charge in [-0.3, -0.25) is 4.79 Å². The van der Waals surface area contributed by atoms with E-state index in [0.29, 0.717) is 12.8 Å². The van der Waals surface area contributed by atoms with Gasteiger partial charge in [-0.2, -0.15) is 0 Å². The van der Waals surface area contributed by atoms with Crippen LogP contribution in [0.5, 0.6) is 0 Å². The van der Waals surface area contributed by atoms with Gasteiger partial charge in [0.15, 0.2) is 12.1 Å². The Hall–Kier alpha value is -0.910. The lowest BCUT2D eigenvalue weighted by molar-refractivity contribution is -0.303. The Labute approximate surface area is 298 Å². The summed E-state index contributed by atoms with van der Waals surface area (Å²) in [6, 6.07) is 0. The van der Waals surface area contributed by atoms with Crippen LogP contribution in [0.2, 0.25) is 0 Å². The molecule has 1 aliphatic heterocycles. The number of ether oxygens (including phenoxy) is 2. The molecule has 0 amide bonds. The van der Waals surface area contributed by atoms with Crippen LogP contribution in [0.1, 0.15) is 168 Å². The second-order valence-corrected chi connectivity index (χ2v) is 14.7. The highest BCUT2D eigenvalue weighted by atomic mass is 16.7. The lowest BCUT2D eigenvalue weighted by Crippen LogP contribution is -2.59. The van der Waals surface area contributed by atoms with Crippen molar-refractivity contribution in [3.8, 4) is 0 Å². The quantitative estimate of drug-likeness (QED) is 0.0324. The number of hydrogen-bond acceptors (Lipinski definition) is 9. The molecule has 9 nitrogen and oxygen atoms in total. The molecule has 1 unspecified atom stereocenters. The summed E-state index contributed by atoms with van der Waals surface area (Å²) < 4.78 is 11.1. The first-order valence-corrected chi connectivity index (χ1v) is 20.2. The minimum Gasteiger partial charge on any atom is -0.394 e. The maximum atomic E-state index is 13.4. The number of allylic oxidation sites excluding steroid dienone is 1. The maximum absolute atomic E-state index is 13.4. The van der Waals surface area contributed by atoms with Crippen LogP contribution in [-0.4, -0.2) is 92.5 Å². The van der Waals surface area contributed by atoms with Crippen molar-refractivity contribution in [2.45, 2.75) is 211 Å². The van der Waals surface area contributed by atoms with Crippen LogP contribution in [-0.2, 0) is 14.3 Å². The molecule has 0 spiro atoms. The topological polar surface area (TPSA) is 157 Å². The number of carbonyl (C=O) groups is 1. The summed E-state index contributed by atoms with van der Waals surface area (Å²) in [5.74, 6) is -0.844. The second kappa shape index (κ2) is 29.6. The summed E-state index contributed by atoms with van der Waals surface area (Å²) in [4.78, 5) is 13.4. The lowest BCUT2D eigenvalue weighted by Gasteiger charge is -2.40. The first-order valence-electron chi connectivity index (χ1n) is 20.2. The minimum absolute atomic E-state index is 0.293. The number of unbranched alkanes of at least 4 members (excludes halogenated alkanes) is 18. The van der Waals surface area contributed by atoms with E-state index in [1.807, 2.05) is 6.08 Å². The number of rotatable bonds is 32. The zero-order chi connectivity index (χ0) is 36.3. The molecule has 1 heterocycles. The predicted molar refractivity (Wildman–Crippen MR) is 196 cm³/mol. The zero-order valence-corrected chi connectivity index (χ0v) is 31.4. The van der Waals surface area contributed by atoms with Crippen LogP contribution in [0.25, 0.3) is 0 Å². The van der Waals surface area contributed by atoms with Crippen molar-refractivity contribution in [1.82, 2.24) is 0 Å². The van der Waals surface area contributed by atoms with Gasteiger partial charge in [-0.05, 0) is 25.2 Å². The highest BCUT2D eigenvalue weighted by molar-refractivity contribution is 5.86. The molecule has 0 radical (unpaired) electrons. The number of ketones is 1. The van der Waals surface area contributed by atoms with E-state index >= 15 is 0 Å². The van der Waals surface area contributed by atoms with Crippen molar-refractivity contribution in [2.75, 3.05) is 13.2 Å². The smallest absolute Gasteiger partial charge is 0.186 e. The third kappa shape index (κ3) is 20.7. The monoisotopic (exact) mass is 701 g/mol. The third-order valence-electron chi connectivity index (χ3n) is 10.3. The SMILES string of the molecule is CCCCCCCCCCCCCC[C@@H](O)C(=O)[C@@H](CO[C@@H]1O[C@H](CO)[C@H](O)[C@H](O)[C@H]1O)[C@H](O)/C=C/CCCCCCCCCC(C)CC. The van der Waals surface area contributed by atoms with Crippen LogP contribution >= 0.6 is 0 Å². The van der Waals surface area contributed by atoms with Gasteiger partial charge in [0, 0.05) is 0 Å². The Morgan fingerprint density at radius 1 is 0.714 bits per heavy atom. The van der Waals surface area contributed by atoms with E-state index in [1.165, 1.54) is 96.3 Å². The number of aliphatic hydroxyl groups is 6. The van der Waals surface area contributed by atoms with Crippen molar-refractivity contribution in [3.05, 3.63) is 12.2 Å². The summed E-state index contributed by atoms with van der Waals surface area (Å²) in [7, 11) is 0. The molecule has 1 rings (SSSR count). The van der Waals surface area contributed by atoms with Crippen molar-refractivity contribution in [1.29, 1.82) is 0 Å². The average molecular weight is 701 g/mol.